The number of carbonyl (C=O) groups excluding carboxylic acids is 5. The van der Waals surface area contributed by atoms with Crippen LogP contribution in [0.4, 0.5) is 15.9 Å². The predicted molar refractivity (Wildman–Crippen MR) is 235 cm³/mol. The molecular formula is C46H63FN8O5S. The number of hydrogen-bond donors (Lipinski definition) is 2. The number of aromatic nitrogens is 2. The van der Waals surface area contributed by atoms with E-state index >= 15 is 0 Å². The van der Waals surface area contributed by atoms with Crippen molar-refractivity contribution in [3.8, 4) is 0 Å². The van der Waals surface area contributed by atoms with Crippen molar-refractivity contribution < 1.29 is 28.4 Å². The maximum atomic E-state index is 14.4. The summed E-state index contributed by atoms with van der Waals surface area (Å²) in [4.78, 5) is 83.6. The zero-order valence-electron chi connectivity index (χ0n) is 35.9. The van der Waals surface area contributed by atoms with Gasteiger partial charge < -0.3 is 30.7 Å². The van der Waals surface area contributed by atoms with E-state index in [9.17, 15) is 28.4 Å². The number of nitrogens with zero attached hydrogens (tertiary/aromatic N) is 6. The minimum atomic E-state index is -0.743. The van der Waals surface area contributed by atoms with Gasteiger partial charge in [0.15, 0.2) is 0 Å². The topological polar surface area (TPSA) is 162 Å². The van der Waals surface area contributed by atoms with Crippen LogP contribution < -0.4 is 16.0 Å². The molecular weight excluding hydrogens is 796 g/mol. The average molecular weight is 859 g/mol. The van der Waals surface area contributed by atoms with E-state index in [0.717, 1.165) is 102 Å². The lowest BCUT2D eigenvalue weighted by Crippen LogP contribution is -2.56. The van der Waals surface area contributed by atoms with Crippen molar-refractivity contribution in [2.45, 2.75) is 128 Å². The number of piperazine rings is 1. The van der Waals surface area contributed by atoms with Gasteiger partial charge in [0.2, 0.25) is 29.4 Å². The molecule has 2 aromatic heterocycles. The Balaban J connectivity index is 0.898. The molecule has 0 radical (unpaired) electrons. The van der Waals surface area contributed by atoms with Crippen LogP contribution in [0.15, 0.2) is 48.0 Å². The molecule has 2 saturated heterocycles. The molecule has 4 heterocycles. The minimum absolute atomic E-state index is 0.00665. The second-order valence-corrected chi connectivity index (χ2v) is 17.8. The number of carbonyl (C=O) groups is 5. The van der Waals surface area contributed by atoms with Gasteiger partial charge >= 0.3 is 0 Å². The van der Waals surface area contributed by atoms with E-state index < -0.39 is 17.9 Å². The molecule has 61 heavy (non-hydrogen) atoms. The number of ketones is 1. The molecule has 0 bridgehead atoms. The van der Waals surface area contributed by atoms with Crippen molar-refractivity contribution in [3.63, 3.8) is 0 Å². The zero-order chi connectivity index (χ0) is 43.3. The summed E-state index contributed by atoms with van der Waals surface area (Å²) in [5, 5.41) is 5.46. The molecule has 4 amide bonds. The van der Waals surface area contributed by atoms with Crippen molar-refractivity contribution in [2.24, 2.45) is 5.92 Å². The molecule has 1 aromatic carbocycles. The number of pyridine rings is 1. The van der Waals surface area contributed by atoms with Gasteiger partial charge in [0.1, 0.15) is 34.4 Å². The largest absolute Gasteiger partial charge is 0.384 e. The summed E-state index contributed by atoms with van der Waals surface area (Å²) in [6, 6.07) is 7.38. The van der Waals surface area contributed by atoms with Gasteiger partial charge in [-0.2, -0.15) is 0 Å². The first-order valence-corrected chi connectivity index (χ1v) is 23.2. The van der Waals surface area contributed by atoms with Gasteiger partial charge in [-0.25, -0.2) is 14.4 Å². The Morgan fingerprint density at radius 2 is 1.52 bits per heavy atom. The van der Waals surface area contributed by atoms with Crippen LogP contribution in [-0.2, 0) is 19.2 Å². The number of anilines is 2. The third-order valence-corrected chi connectivity index (χ3v) is 13.7. The molecule has 13 nitrogen and oxygen atoms in total. The Labute approximate surface area is 363 Å². The number of thiazole rings is 1. The molecule has 2 aliphatic heterocycles. The van der Waals surface area contributed by atoms with Crippen LogP contribution in [-0.4, -0.2) is 106 Å². The van der Waals surface area contributed by atoms with Crippen molar-refractivity contribution in [2.75, 3.05) is 50.4 Å². The molecule has 0 spiro atoms. The van der Waals surface area contributed by atoms with Crippen LogP contribution in [0, 0.1) is 11.7 Å². The summed E-state index contributed by atoms with van der Waals surface area (Å²) in [7, 11) is 1.66. The van der Waals surface area contributed by atoms with Gasteiger partial charge in [0.05, 0.1) is 17.9 Å². The number of nitrogens with two attached hydrogens (primary N) is 1. The fraction of sp³-hybridized carbons (Fsp3) is 0.587. The van der Waals surface area contributed by atoms with E-state index in [1.165, 1.54) is 40.5 Å². The highest BCUT2D eigenvalue weighted by atomic mass is 32.1. The third kappa shape index (κ3) is 12.4. The van der Waals surface area contributed by atoms with Crippen molar-refractivity contribution in [3.05, 3.63) is 70.1 Å². The van der Waals surface area contributed by atoms with Crippen LogP contribution in [0.5, 0.6) is 0 Å². The summed E-state index contributed by atoms with van der Waals surface area (Å²) >= 11 is 1.34. The standard InChI is InChI=1S/C46H63FN8O5S/c1-32(52(2)40(56)17-11-6-4-3-5-7-12-18-41(57)54-28-26-53(27-29-54)36-23-24-39(48)49-30-36)44(59)51-42(33-14-9-8-10-15-33)46(60)55-25-13-16-38(55)45-50-37(31-61-45)43(58)34-19-21-35(47)22-20-34/h19-24,30-33,38,42H,3-18,25-29H2,1-2H3,(H2,48,49)(H,51,59)/t32-,38-,42-/m0/s1. The highest BCUT2D eigenvalue weighted by Gasteiger charge is 2.41. The van der Waals surface area contributed by atoms with E-state index in [2.05, 4.69) is 20.2 Å². The van der Waals surface area contributed by atoms with Crippen LogP contribution in [0.3, 0.4) is 0 Å². The average Bonchev–Trinajstić information content (AvgIpc) is 3.98. The van der Waals surface area contributed by atoms with E-state index in [1.54, 1.807) is 31.6 Å². The Morgan fingerprint density at radius 1 is 0.852 bits per heavy atom. The lowest BCUT2D eigenvalue weighted by Gasteiger charge is -2.36. The van der Waals surface area contributed by atoms with E-state index in [0.29, 0.717) is 55.3 Å². The smallest absolute Gasteiger partial charge is 0.246 e. The number of halogens is 1. The van der Waals surface area contributed by atoms with Gasteiger partial charge in [0.25, 0.3) is 0 Å². The molecule has 1 saturated carbocycles. The molecule has 3 fully saturated rings. The first-order chi connectivity index (χ1) is 29.5. The lowest BCUT2D eigenvalue weighted by molar-refractivity contribution is -0.142. The predicted octanol–water partition coefficient (Wildman–Crippen LogP) is 6.93. The van der Waals surface area contributed by atoms with Gasteiger partial charge in [-0.1, -0.05) is 51.4 Å². The molecule has 330 valence electrons. The molecule has 3 N–H and O–H groups in total. The maximum Gasteiger partial charge on any atom is 0.246 e. The zero-order valence-corrected chi connectivity index (χ0v) is 36.7. The highest BCUT2D eigenvalue weighted by Crippen LogP contribution is 2.37. The summed E-state index contributed by atoms with van der Waals surface area (Å²) < 4.78 is 13.5. The highest BCUT2D eigenvalue weighted by molar-refractivity contribution is 7.10. The SMILES string of the molecule is C[C@@H](C(=O)N[C@H](C(=O)N1CCC[C@H]1c1nc(C(=O)c2ccc(F)cc2)cs1)C1CCCCC1)N(C)C(=O)CCCCCCCCCC(=O)N1CCN(c2ccc(N)nc2)CC1. The summed E-state index contributed by atoms with van der Waals surface area (Å²) in [5.41, 5.74) is 7.35. The van der Waals surface area contributed by atoms with Gasteiger partial charge in [-0.3, -0.25) is 24.0 Å². The Bertz CT molecular complexity index is 1930. The minimum Gasteiger partial charge on any atom is -0.384 e. The second-order valence-electron chi connectivity index (χ2n) is 16.9. The Kier molecular flexibility index (Phi) is 16.6. The van der Waals surface area contributed by atoms with E-state index in [1.807, 2.05) is 15.9 Å². The number of benzene rings is 1. The summed E-state index contributed by atoms with van der Waals surface area (Å²) in [6.07, 6.45) is 15.6. The summed E-state index contributed by atoms with van der Waals surface area (Å²) in [6.45, 7) is 5.24. The van der Waals surface area contributed by atoms with Gasteiger partial charge in [0, 0.05) is 63.6 Å². The molecule has 15 heteroatoms. The fourth-order valence-electron chi connectivity index (χ4n) is 8.84. The lowest BCUT2D eigenvalue weighted by atomic mass is 9.83. The quantitative estimate of drug-likeness (QED) is 0.0963. The van der Waals surface area contributed by atoms with E-state index in [-0.39, 0.29) is 47.1 Å². The Hall–Kier alpha value is -4.92. The molecule has 1 aliphatic carbocycles. The first kappa shape index (κ1) is 45.6. The number of likely N-dealkylation sites (N-methyl/N-ethyl adjacent to an activating group) is 1. The molecule has 0 unspecified atom stereocenters. The number of amides is 4. The van der Waals surface area contributed by atoms with Crippen LogP contribution in [0.2, 0.25) is 0 Å². The molecule has 3 atom stereocenters. The van der Waals surface area contributed by atoms with E-state index in [4.69, 9.17) is 5.73 Å². The number of nitrogens with one attached hydrogen (secondary N) is 1. The van der Waals surface area contributed by atoms with Gasteiger partial charge in [-0.05, 0) is 87.8 Å². The molecule has 6 rings (SSSR count). The normalized spacial score (nSPS) is 18.1. The summed E-state index contributed by atoms with van der Waals surface area (Å²) in [5.74, 6) is -0.580. The van der Waals surface area contributed by atoms with Crippen LogP contribution in [0.25, 0.3) is 0 Å². The first-order valence-electron chi connectivity index (χ1n) is 22.4. The monoisotopic (exact) mass is 858 g/mol. The van der Waals surface area contributed by atoms with Crippen molar-refractivity contribution in [1.82, 2.24) is 30.0 Å². The Morgan fingerprint density at radius 3 is 2.20 bits per heavy atom. The molecule has 3 aromatic rings. The number of nitrogen functional groups attached to an aromatic ring is 1. The number of likely N-dealkylation sites (tertiary alicyclic amines) is 1. The third-order valence-electron chi connectivity index (χ3n) is 12.8. The molecule has 3 aliphatic rings. The van der Waals surface area contributed by atoms with Crippen molar-refractivity contribution >= 4 is 52.3 Å². The fourth-order valence-corrected chi connectivity index (χ4v) is 9.79. The number of unbranched alkanes of at least 4 members (excludes halogenated alkanes) is 6. The second kappa shape index (κ2) is 22.3. The number of hydrogen-bond acceptors (Lipinski definition) is 10. The van der Waals surface area contributed by atoms with Crippen LogP contribution >= 0.6 is 11.3 Å². The van der Waals surface area contributed by atoms with Gasteiger partial charge in [-0.15, -0.1) is 11.3 Å². The van der Waals surface area contributed by atoms with Crippen molar-refractivity contribution in [1.29, 1.82) is 0 Å². The number of rotatable bonds is 19. The maximum absolute atomic E-state index is 14.4. The van der Waals surface area contributed by atoms with Crippen LogP contribution in [0.1, 0.15) is 137 Å².